The first-order chi connectivity index (χ1) is 14.7. The number of amides is 1. The summed E-state index contributed by atoms with van der Waals surface area (Å²) >= 11 is 8.06. The van der Waals surface area contributed by atoms with E-state index in [4.69, 9.17) is 21.1 Å². The molecule has 0 radical (unpaired) electrons. The van der Waals surface area contributed by atoms with E-state index in [1.807, 2.05) is 36.4 Å². The zero-order valence-corrected chi connectivity index (χ0v) is 17.8. The second kappa shape index (κ2) is 8.24. The van der Waals surface area contributed by atoms with Crippen molar-refractivity contribution in [2.24, 2.45) is 4.99 Å². The molecular weight excluding hydrogens is 422 g/mol. The molecule has 3 aliphatic heterocycles. The third kappa shape index (κ3) is 3.63. The van der Waals surface area contributed by atoms with Gasteiger partial charge < -0.3 is 19.3 Å². The Morgan fingerprint density at radius 2 is 2.10 bits per heavy atom. The van der Waals surface area contributed by atoms with Gasteiger partial charge in [-0.1, -0.05) is 41.6 Å². The molecule has 8 heteroatoms. The number of ether oxygens (including phenoxy) is 2. The quantitative estimate of drug-likeness (QED) is 0.627. The summed E-state index contributed by atoms with van der Waals surface area (Å²) in [4.78, 5) is 21.1. The van der Waals surface area contributed by atoms with Crippen LogP contribution < -0.4 is 14.4 Å². The predicted octanol–water partition coefficient (Wildman–Crippen LogP) is 4.25. The number of anilines is 1. The lowest BCUT2D eigenvalue weighted by molar-refractivity contribution is -0.121. The van der Waals surface area contributed by atoms with Gasteiger partial charge >= 0.3 is 0 Å². The first-order valence-electron chi connectivity index (χ1n) is 9.84. The van der Waals surface area contributed by atoms with Crippen molar-refractivity contribution in [1.82, 2.24) is 4.90 Å². The van der Waals surface area contributed by atoms with E-state index in [9.17, 15) is 4.79 Å². The van der Waals surface area contributed by atoms with E-state index in [2.05, 4.69) is 15.3 Å². The van der Waals surface area contributed by atoms with Gasteiger partial charge in [-0.2, -0.15) is 0 Å². The van der Waals surface area contributed by atoms with Crippen LogP contribution in [0, 0.1) is 0 Å². The van der Waals surface area contributed by atoms with Crippen LogP contribution in [0.2, 0.25) is 5.02 Å². The van der Waals surface area contributed by atoms with Crippen LogP contribution in [0.4, 0.5) is 5.69 Å². The van der Waals surface area contributed by atoms with E-state index in [0.717, 1.165) is 35.3 Å². The van der Waals surface area contributed by atoms with Crippen molar-refractivity contribution < 1.29 is 14.3 Å². The Kier molecular flexibility index (Phi) is 5.31. The molecule has 0 saturated heterocycles. The zero-order chi connectivity index (χ0) is 20.5. The first kappa shape index (κ1) is 19.3. The number of rotatable bonds is 6. The molecule has 154 valence electrons. The molecule has 0 atom stereocenters. The number of nitrogens with zero attached hydrogens (tertiary/aromatic N) is 3. The van der Waals surface area contributed by atoms with Crippen LogP contribution in [0.5, 0.6) is 11.5 Å². The summed E-state index contributed by atoms with van der Waals surface area (Å²) in [7, 11) is 0. The van der Waals surface area contributed by atoms with Crippen LogP contribution in [0.15, 0.2) is 52.9 Å². The highest BCUT2D eigenvalue weighted by molar-refractivity contribution is 8.16. The van der Waals surface area contributed by atoms with Crippen LogP contribution in [0.3, 0.4) is 0 Å². The minimum Gasteiger partial charge on any atom is -0.494 e. The van der Waals surface area contributed by atoms with Crippen molar-refractivity contribution in [2.75, 3.05) is 37.7 Å². The van der Waals surface area contributed by atoms with Crippen LogP contribution >= 0.6 is 23.4 Å². The number of halogens is 1. The lowest BCUT2D eigenvalue weighted by Crippen LogP contribution is -2.40. The number of fused-ring (bicyclic) bond motifs is 2. The molecule has 0 bridgehead atoms. The topological polar surface area (TPSA) is 54.4 Å². The van der Waals surface area contributed by atoms with E-state index >= 15 is 0 Å². The molecule has 3 heterocycles. The number of benzene rings is 2. The van der Waals surface area contributed by atoms with Gasteiger partial charge in [-0.15, -0.1) is 0 Å². The second-order valence-corrected chi connectivity index (χ2v) is 8.36. The highest BCUT2D eigenvalue weighted by Gasteiger charge is 2.33. The Morgan fingerprint density at radius 3 is 2.97 bits per heavy atom. The molecule has 0 unspecified atom stereocenters. The molecular formula is C22H20ClN3O3S. The van der Waals surface area contributed by atoms with Gasteiger partial charge in [-0.3, -0.25) is 9.79 Å². The lowest BCUT2D eigenvalue weighted by Gasteiger charge is -2.32. The summed E-state index contributed by atoms with van der Waals surface area (Å²) < 4.78 is 11.7. The third-order valence-corrected chi connectivity index (χ3v) is 6.27. The van der Waals surface area contributed by atoms with Crippen molar-refractivity contribution in [1.29, 1.82) is 0 Å². The number of aliphatic imine (C=N–C) groups is 1. The molecule has 0 aliphatic carbocycles. The Hall–Kier alpha value is -2.64. The number of hydrogen-bond donors (Lipinski definition) is 0. The molecule has 3 aliphatic rings. The number of para-hydroxylation sites is 1. The lowest BCUT2D eigenvalue weighted by atomic mass is 10.1. The Balaban J connectivity index is 1.36. The minimum absolute atomic E-state index is 0.0164. The number of thioether (sulfide) groups is 1. The SMILES string of the molecule is O=C1COc2c(C3=CSC4=NCCN34)cc(Cl)cc2N1CCCOc1ccccc1. The van der Waals surface area contributed by atoms with Crippen LogP contribution in [-0.4, -0.2) is 48.8 Å². The van der Waals surface area contributed by atoms with E-state index < -0.39 is 0 Å². The van der Waals surface area contributed by atoms with Gasteiger partial charge in [-0.05, 0) is 30.7 Å². The minimum atomic E-state index is -0.0753. The molecule has 1 amide bonds. The average Bonchev–Trinajstić information content (AvgIpc) is 3.36. The summed E-state index contributed by atoms with van der Waals surface area (Å²) in [6.45, 7) is 2.70. The van der Waals surface area contributed by atoms with Gasteiger partial charge in [0, 0.05) is 29.1 Å². The van der Waals surface area contributed by atoms with Crippen molar-refractivity contribution in [3.05, 3.63) is 58.5 Å². The standard InChI is InChI=1S/C22H20ClN3O3S/c23-15-11-17(19-14-30-22-24-7-9-26(19)22)21-18(12-15)25(20(27)13-29-21)8-4-10-28-16-5-2-1-3-6-16/h1-3,5-6,11-12,14H,4,7-10,13H2. The first-order valence-corrected chi connectivity index (χ1v) is 11.1. The van der Waals surface area contributed by atoms with Gasteiger partial charge in [0.1, 0.15) is 5.75 Å². The third-order valence-electron chi connectivity index (χ3n) is 5.15. The molecule has 6 nitrogen and oxygen atoms in total. The van der Waals surface area contributed by atoms with Gasteiger partial charge in [0.05, 0.1) is 24.5 Å². The maximum absolute atomic E-state index is 12.6. The van der Waals surface area contributed by atoms with Crippen molar-refractivity contribution >= 4 is 45.8 Å². The largest absolute Gasteiger partial charge is 0.494 e. The molecule has 2 aromatic carbocycles. The Labute approximate surface area is 184 Å². The van der Waals surface area contributed by atoms with Gasteiger partial charge in [0.25, 0.3) is 5.91 Å². The molecule has 0 N–H and O–H groups in total. The maximum Gasteiger partial charge on any atom is 0.265 e. The molecule has 0 spiro atoms. The summed E-state index contributed by atoms with van der Waals surface area (Å²) in [5.41, 5.74) is 2.63. The highest BCUT2D eigenvalue weighted by Crippen LogP contribution is 2.45. The van der Waals surface area contributed by atoms with Crippen LogP contribution in [0.1, 0.15) is 12.0 Å². The summed E-state index contributed by atoms with van der Waals surface area (Å²) in [6.07, 6.45) is 0.698. The molecule has 0 fully saturated rings. The fourth-order valence-electron chi connectivity index (χ4n) is 3.77. The monoisotopic (exact) mass is 441 g/mol. The normalized spacial score (nSPS) is 17.3. The Bertz CT molecular complexity index is 1040. The van der Waals surface area contributed by atoms with Crippen molar-refractivity contribution in [2.45, 2.75) is 6.42 Å². The van der Waals surface area contributed by atoms with Crippen LogP contribution in [-0.2, 0) is 4.79 Å². The molecule has 0 aromatic heterocycles. The van der Waals surface area contributed by atoms with Gasteiger partial charge in [0.2, 0.25) is 0 Å². The summed E-state index contributed by atoms with van der Waals surface area (Å²) in [5.74, 6) is 1.45. The number of carbonyl (C=O) groups excluding carboxylic acids is 1. The summed E-state index contributed by atoms with van der Waals surface area (Å²) in [6, 6.07) is 13.4. The fraction of sp³-hybridized carbons (Fsp3) is 0.273. The molecule has 2 aromatic rings. The molecule has 5 rings (SSSR count). The fourth-order valence-corrected chi connectivity index (χ4v) is 4.94. The smallest absolute Gasteiger partial charge is 0.265 e. The van der Waals surface area contributed by atoms with Crippen molar-refractivity contribution in [3.8, 4) is 11.5 Å². The number of carbonyl (C=O) groups is 1. The van der Waals surface area contributed by atoms with E-state index in [1.54, 1.807) is 22.7 Å². The number of amidine groups is 1. The highest BCUT2D eigenvalue weighted by atomic mass is 35.5. The van der Waals surface area contributed by atoms with Crippen LogP contribution in [0.25, 0.3) is 5.70 Å². The van der Waals surface area contributed by atoms with Crippen molar-refractivity contribution in [3.63, 3.8) is 0 Å². The van der Waals surface area contributed by atoms with E-state index in [-0.39, 0.29) is 12.5 Å². The molecule has 0 saturated carbocycles. The van der Waals surface area contributed by atoms with E-state index in [1.165, 1.54) is 0 Å². The summed E-state index contributed by atoms with van der Waals surface area (Å²) in [5, 5.41) is 3.64. The van der Waals surface area contributed by atoms with Gasteiger partial charge in [-0.25, -0.2) is 0 Å². The molecule has 30 heavy (non-hydrogen) atoms. The Morgan fingerprint density at radius 1 is 1.23 bits per heavy atom. The predicted molar refractivity (Wildman–Crippen MR) is 120 cm³/mol. The van der Waals surface area contributed by atoms with E-state index in [0.29, 0.717) is 36.0 Å². The van der Waals surface area contributed by atoms with Gasteiger partial charge in [0.15, 0.2) is 17.5 Å². The number of hydrogen-bond acceptors (Lipinski definition) is 6. The average molecular weight is 442 g/mol. The zero-order valence-electron chi connectivity index (χ0n) is 16.2. The second-order valence-electron chi connectivity index (χ2n) is 7.09. The maximum atomic E-state index is 12.6.